The van der Waals surface area contributed by atoms with Crippen LogP contribution in [0.15, 0.2) is 22.7 Å². The Morgan fingerprint density at radius 3 is 2.26 bits per heavy atom. The van der Waals surface area contributed by atoms with Gasteiger partial charge in [-0.15, -0.1) is 0 Å². The average molecular weight is 326 g/mol. The highest BCUT2D eigenvalue weighted by atomic mass is 79.9. The Labute approximate surface area is 118 Å². The molecule has 0 saturated carbocycles. The third-order valence-corrected chi connectivity index (χ3v) is 3.61. The second kappa shape index (κ2) is 5.52. The van der Waals surface area contributed by atoms with Gasteiger partial charge >= 0.3 is 5.97 Å². The van der Waals surface area contributed by atoms with Crippen LogP contribution in [-0.2, 0) is 9.59 Å². The first kappa shape index (κ1) is 13.7. The van der Waals surface area contributed by atoms with E-state index in [2.05, 4.69) is 15.9 Å². The van der Waals surface area contributed by atoms with Crippen molar-refractivity contribution in [3.63, 3.8) is 0 Å². The van der Waals surface area contributed by atoms with E-state index >= 15 is 0 Å². The van der Waals surface area contributed by atoms with Crippen LogP contribution in [0.3, 0.4) is 0 Å². The Morgan fingerprint density at radius 1 is 1.16 bits per heavy atom. The van der Waals surface area contributed by atoms with Gasteiger partial charge in [0.05, 0.1) is 11.3 Å². The van der Waals surface area contributed by atoms with Crippen molar-refractivity contribution in [1.29, 1.82) is 0 Å². The van der Waals surface area contributed by atoms with Crippen LogP contribution in [0.1, 0.15) is 36.0 Å². The minimum atomic E-state index is -1.17. The lowest BCUT2D eigenvalue weighted by molar-refractivity contribution is -0.125. The Bertz CT molecular complexity index is 538. The van der Waals surface area contributed by atoms with Gasteiger partial charge in [0, 0.05) is 17.3 Å². The molecule has 1 N–H and O–H groups in total. The maximum atomic E-state index is 12.0. The number of carboxylic acids is 1. The Hall–Kier alpha value is -1.69. The zero-order chi connectivity index (χ0) is 14.0. The second-order valence-electron chi connectivity index (χ2n) is 4.27. The number of hydrogen-bond donors (Lipinski definition) is 1. The minimum Gasteiger partial charge on any atom is -0.478 e. The van der Waals surface area contributed by atoms with Gasteiger partial charge in [0.1, 0.15) is 0 Å². The molecule has 0 unspecified atom stereocenters. The maximum absolute atomic E-state index is 12.0. The summed E-state index contributed by atoms with van der Waals surface area (Å²) in [6.45, 7) is 0. The summed E-state index contributed by atoms with van der Waals surface area (Å²) < 4.78 is 0.427. The molecule has 6 heteroatoms. The van der Waals surface area contributed by atoms with Crippen molar-refractivity contribution in [3.05, 3.63) is 28.2 Å². The molecule has 1 aliphatic rings. The smallest absolute Gasteiger partial charge is 0.337 e. The van der Waals surface area contributed by atoms with Crippen molar-refractivity contribution in [3.8, 4) is 0 Å². The number of carbonyl (C=O) groups is 3. The third-order valence-electron chi connectivity index (χ3n) is 2.97. The van der Waals surface area contributed by atoms with Gasteiger partial charge in [-0.05, 0) is 40.9 Å². The first-order valence-electron chi connectivity index (χ1n) is 5.90. The molecule has 0 aromatic heterocycles. The number of anilines is 1. The predicted octanol–water partition coefficient (Wildman–Crippen LogP) is 2.58. The van der Waals surface area contributed by atoms with E-state index < -0.39 is 5.97 Å². The van der Waals surface area contributed by atoms with Crippen LogP contribution in [0, 0.1) is 0 Å². The zero-order valence-electron chi connectivity index (χ0n) is 10.1. The van der Waals surface area contributed by atoms with Gasteiger partial charge in [-0.25, -0.2) is 9.69 Å². The summed E-state index contributed by atoms with van der Waals surface area (Å²) >= 11 is 3.22. The normalized spacial score (nSPS) is 16.4. The molecule has 0 atom stereocenters. The van der Waals surface area contributed by atoms with Crippen molar-refractivity contribution in [2.45, 2.75) is 25.7 Å². The van der Waals surface area contributed by atoms with E-state index in [-0.39, 0.29) is 35.9 Å². The van der Waals surface area contributed by atoms with Crippen LogP contribution < -0.4 is 4.90 Å². The van der Waals surface area contributed by atoms with Gasteiger partial charge in [-0.1, -0.05) is 6.07 Å². The van der Waals surface area contributed by atoms with Crippen LogP contribution >= 0.6 is 15.9 Å². The summed E-state index contributed by atoms with van der Waals surface area (Å²) in [4.78, 5) is 36.3. The average Bonchev–Trinajstić information content (AvgIpc) is 2.51. The van der Waals surface area contributed by atoms with Crippen molar-refractivity contribution in [1.82, 2.24) is 0 Å². The fraction of sp³-hybridized carbons (Fsp3) is 0.308. The molecular weight excluding hydrogens is 314 g/mol. The van der Waals surface area contributed by atoms with E-state index in [0.29, 0.717) is 17.3 Å². The van der Waals surface area contributed by atoms with Crippen molar-refractivity contribution < 1.29 is 19.5 Å². The van der Waals surface area contributed by atoms with Crippen LogP contribution in [0.4, 0.5) is 5.69 Å². The summed E-state index contributed by atoms with van der Waals surface area (Å²) in [6.07, 6.45) is 1.81. The highest BCUT2D eigenvalue weighted by Gasteiger charge is 2.30. The number of nitrogens with zero attached hydrogens (tertiary/aromatic N) is 1. The molecule has 1 heterocycles. The summed E-state index contributed by atoms with van der Waals surface area (Å²) in [5.41, 5.74) is 0.0740. The molecule has 100 valence electrons. The number of carboxylic acid groups (broad SMARTS) is 1. The van der Waals surface area contributed by atoms with Crippen LogP contribution in [0.5, 0.6) is 0 Å². The lowest BCUT2D eigenvalue weighted by Crippen LogP contribution is -2.36. The summed E-state index contributed by atoms with van der Waals surface area (Å²) in [5, 5.41) is 9.19. The van der Waals surface area contributed by atoms with E-state index in [0.717, 1.165) is 4.90 Å². The summed E-state index contributed by atoms with van der Waals surface area (Å²) in [5.74, 6) is -1.87. The first-order chi connectivity index (χ1) is 9.02. The standard InChI is InChI=1S/C13H12BrNO4/c14-9-5-3-4-8(13(18)19)12(9)15-10(16)6-1-2-7-11(15)17/h3-5H,1-2,6-7H2,(H,18,19). The van der Waals surface area contributed by atoms with E-state index in [1.165, 1.54) is 6.07 Å². The van der Waals surface area contributed by atoms with Crippen molar-refractivity contribution in [2.24, 2.45) is 0 Å². The fourth-order valence-corrected chi connectivity index (χ4v) is 2.62. The zero-order valence-corrected chi connectivity index (χ0v) is 11.6. The Morgan fingerprint density at radius 2 is 1.74 bits per heavy atom. The molecule has 0 spiro atoms. The van der Waals surface area contributed by atoms with E-state index in [9.17, 15) is 19.5 Å². The highest BCUT2D eigenvalue weighted by molar-refractivity contribution is 9.10. The summed E-state index contributed by atoms with van der Waals surface area (Å²) in [6, 6.07) is 4.56. The SMILES string of the molecule is O=C(O)c1cccc(Br)c1N1C(=O)CCCCC1=O. The number of para-hydroxylation sites is 1. The molecular formula is C13H12BrNO4. The van der Waals surface area contributed by atoms with E-state index in [1.54, 1.807) is 12.1 Å². The number of hydrogen-bond acceptors (Lipinski definition) is 3. The fourth-order valence-electron chi connectivity index (χ4n) is 2.08. The number of imide groups is 1. The van der Waals surface area contributed by atoms with Gasteiger partial charge < -0.3 is 5.11 Å². The highest BCUT2D eigenvalue weighted by Crippen LogP contribution is 2.33. The monoisotopic (exact) mass is 325 g/mol. The quantitative estimate of drug-likeness (QED) is 0.848. The second-order valence-corrected chi connectivity index (χ2v) is 5.13. The molecule has 2 amide bonds. The molecule has 1 fully saturated rings. The number of aromatic carboxylic acids is 1. The Balaban J connectivity index is 2.58. The van der Waals surface area contributed by atoms with E-state index in [1.807, 2.05) is 0 Å². The molecule has 0 radical (unpaired) electrons. The number of benzene rings is 1. The number of rotatable bonds is 2. The number of amides is 2. The van der Waals surface area contributed by atoms with Gasteiger partial charge in [0.25, 0.3) is 0 Å². The van der Waals surface area contributed by atoms with Crippen LogP contribution in [0.25, 0.3) is 0 Å². The van der Waals surface area contributed by atoms with Crippen molar-refractivity contribution in [2.75, 3.05) is 4.90 Å². The topological polar surface area (TPSA) is 74.7 Å². The van der Waals surface area contributed by atoms with E-state index in [4.69, 9.17) is 0 Å². The van der Waals surface area contributed by atoms with Crippen LogP contribution in [0.2, 0.25) is 0 Å². The molecule has 1 aromatic carbocycles. The molecule has 1 aromatic rings. The first-order valence-corrected chi connectivity index (χ1v) is 6.69. The lowest BCUT2D eigenvalue weighted by atomic mass is 10.1. The molecule has 0 aliphatic carbocycles. The molecule has 5 nitrogen and oxygen atoms in total. The Kier molecular flexibility index (Phi) is 3.99. The lowest BCUT2D eigenvalue weighted by Gasteiger charge is -2.21. The largest absolute Gasteiger partial charge is 0.478 e. The van der Waals surface area contributed by atoms with Gasteiger partial charge in [-0.2, -0.15) is 0 Å². The molecule has 1 saturated heterocycles. The van der Waals surface area contributed by atoms with Crippen molar-refractivity contribution >= 4 is 39.4 Å². The molecule has 0 bridgehead atoms. The predicted molar refractivity (Wildman–Crippen MR) is 72.1 cm³/mol. The van der Waals surface area contributed by atoms with Gasteiger partial charge in [0.2, 0.25) is 11.8 Å². The molecule has 19 heavy (non-hydrogen) atoms. The summed E-state index contributed by atoms with van der Waals surface area (Å²) in [7, 11) is 0. The third kappa shape index (κ3) is 2.68. The molecule has 2 rings (SSSR count). The van der Waals surface area contributed by atoms with Gasteiger partial charge in [-0.3, -0.25) is 9.59 Å². The number of carbonyl (C=O) groups excluding carboxylic acids is 2. The van der Waals surface area contributed by atoms with Crippen LogP contribution in [-0.4, -0.2) is 22.9 Å². The minimum absolute atomic E-state index is 0.0574. The number of halogens is 1. The molecule has 1 aliphatic heterocycles. The van der Waals surface area contributed by atoms with Gasteiger partial charge in [0.15, 0.2) is 0 Å². The maximum Gasteiger partial charge on any atom is 0.337 e.